The highest BCUT2D eigenvalue weighted by atomic mass is 16.3. The molecule has 0 bridgehead atoms. The molecule has 0 fully saturated rings. The van der Waals surface area contributed by atoms with E-state index in [2.05, 4.69) is 0 Å². The third kappa shape index (κ3) is 3.92. The quantitative estimate of drug-likeness (QED) is 0.443. The predicted molar refractivity (Wildman–Crippen MR) is 18.3 cm³/mol. The Labute approximate surface area is 31.8 Å². The van der Waals surface area contributed by atoms with E-state index in [-0.39, 0.29) is 6.61 Å². The Morgan fingerprint density at radius 2 is 2.40 bits per heavy atom. The summed E-state index contributed by atoms with van der Waals surface area (Å²) in [4.78, 5) is 0. The van der Waals surface area contributed by atoms with E-state index in [1.807, 2.05) is 5.32 Å². The Hall–Kier alpha value is -0.0800. The van der Waals surface area contributed by atoms with Crippen molar-refractivity contribution in [1.29, 1.82) is 0 Å². The molecule has 0 saturated heterocycles. The Bertz CT molecular complexity index is 14.4. The number of hydrogen-bond donors (Lipinski definition) is 2. The third-order valence-electron chi connectivity index (χ3n) is 0.237. The van der Waals surface area contributed by atoms with Crippen LogP contribution < -0.4 is 5.32 Å². The lowest BCUT2D eigenvalue weighted by Gasteiger charge is -1.83. The van der Waals surface area contributed by atoms with Gasteiger partial charge in [0.05, 0.1) is 13.7 Å². The van der Waals surface area contributed by atoms with Gasteiger partial charge in [0, 0.05) is 6.54 Å². The van der Waals surface area contributed by atoms with Gasteiger partial charge in [0.15, 0.2) is 0 Å². The van der Waals surface area contributed by atoms with Crippen molar-refractivity contribution in [3.63, 3.8) is 0 Å². The van der Waals surface area contributed by atoms with E-state index in [0.29, 0.717) is 6.54 Å². The highest BCUT2D eigenvalue weighted by Crippen LogP contribution is 1.44. The normalized spacial score (nSPS) is 8.40. The lowest BCUT2D eigenvalue weighted by molar-refractivity contribution is 0.298. The van der Waals surface area contributed by atoms with E-state index in [9.17, 15) is 0 Å². The van der Waals surface area contributed by atoms with Crippen molar-refractivity contribution in [2.24, 2.45) is 0 Å². The van der Waals surface area contributed by atoms with Crippen molar-refractivity contribution in [1.82, 2.24) is 5.32 Å². The maximum atomic E-state index is 7.88. The first-order valence-corrected chi connectivity index (χ1v) is 1.42. The standard InChI is InChI=1S/C3H6NO/c1-4-2-3-5/h4-5H,2-3H2. The van der Waals surface area contributed by atoms with Gasteiger partial charge in [-0.15, -0.1) is 0 Å². The van der Waals surface area contributed by atoms with Crippen molar-refractivity contribution in [2.75, 3.05) is 13.2 Å². The molecule has 2 nitrogen and oxygen atoms in total. The summed E-state index contributed by atoms with van der Waals surface area (Å²) in [7, 11) is 6.19. The van der Waals surface area contributed by atoms with E-state index in [1.165, 1.54) is 0 Å². The van der Waals surface area contributed by atoms with Crippen LogP contribution in [0.1, 0.15) is 0 Å². The lowest BCUT2D eigenvalue weighted by Crippen LogP contribution is -2.07. The van der Waals surface area contributed by atoms with Crippen molar-refractivity contribution in [3.8, 4) is 0 Å². The third-order valence-corrected chi connectivity index (χ3v) is 0.237. The van der Waals surface area contributed by atoms with Crippen LogP contribution in [0.5, 0.6) is 0 Å². The lowest BCUT2D eigenvalue weighted by atomic mass is 10.7. The van der Waals surface area contributed by atoms with Crippen molar-refractivity contribution >= 4 is 0 Å². The largest absolute Gasteiger partial charge is 0.395 e. The second-order valence-corrected chi connectivity index (χ2v) is 0.650. The summed E-state index contributed by atoms with van der Waals surface area (Å²) < 4.78 is 0. The van der Waals surface area contributed by atoms with E-state index >= 15 is 0 Å². The number of aliphatic hydroxyl groups excluding tert-OH is 1. The molecule has 2 N–H and O–H groups in total. The Morgan fingerprint density at radius 1 is 1.80 bits per heavy atom. The molecule has 0 heterocycles. The molecular weight excluding hydrogens is 66.0 g/mol. The maximum absolute atomic E-state index is 7.88. The summed E-state index contributed by atoms with van der Waals surface area (Å²) in [6.07, 6.45) is 0. The minimum atomic E-state index is 0.0451. The minimum absolute atomic E-state index is 0.0451. The smallest absolute Gasteiger partial charge is 0.0851 e. The number of nitrogens with one attached hydrogen (secondary N) is 1. The van der Waals surface area contributed by atoms with Crippen LogP contribution in [0.2, 0.25) is 0 Å². The van der Waals surface area contributed by atoms with Crippen LogP contribution in [-0.4, -0.2) is 18.3 Å². The summed E-state index contributed by atoms with van der Waals surface area (Å²) in [5, 5.41) is 9.90. The Balaban J connectivity index is 2.19. The van der Waals surface area contributed by atoms with Gasteiger partial charge in [0.2, 0.25) is 0 Å². The average molecular weight is 72.1 g/mol. The topological polar surface area (TPSA) is 32.3 Å². The fraction of sp³-hybridized carbons (Fsp3) is 0.667. The maximum Gasteiger partial charge on any atom is 0.0851 e. The van der Waals surface area contributed by atoms with Crippen molar-refractivity contribution < 1.29 is 5.11 Å². The molecule has 0 amide bonds. The van der Waals surface area contributed by atoms with Crippen LogP contribution in [0, 0.1) is 7.05 Å². The van der Waals surface area contributed by atoms with E-state index < -0.39 is 0 Å². The second-order valence-electron chi connectivity index (χ2n) is 0.650. The molecular formula is C3H6NO. The summed E-state index contributed by atoms with van der Waals surface area (Å²) >= 11 is 0. The monoisotopic (exact) mass is 72.0 g/mol. The van der Waals surface area contributed by atoms with Gasteiger partial charge in [-0.25, -0.2) is 0 Å². The van der Waals surface area contributed by atoms with Gasteiger partial charge >= 0.3 is 0 Å². The summed E-state index contributed by atoms with van der Waals surface area (Å²) in [6.45, 7) is 0.406. The fourth-order valence-electron chi connectivity index (χ4n) is 0.0559. The molecule has 0 aliphatic rings. The molecule has 5 heavy (non-hydrogen) atoms. The van der Waals surface area contributed by atoms with Gasteiger partial charge in [-0.3, -0.25) is 0 Å². The molecule has 0 saturated carbocycles. The summed E-state index contributed by atoms with van der Waals surface area (Å²) in [6, 6.07) is 0. The minimum Gasteiger partial charge on any atom is -0.395 e. The van der Waals surface area contributed by atoms with E-state index in [1.54, 1.807) is 0 Å². The SMILES string of the molecule is [C]NCCO. The van der Waals surface area contributed by atoms with Crippen LogP contribution in [-0.2, 0) is 0 Å². The molecule has 0 unspecified atom stereocenters. The van der Waals surface area contributed by atoms with Gasteiger partial charge in [-0.05, 0) is 0 Å². The van der Waals surface area contributed by atoms with Crippen LogP contribution in [0.15, 0.2) is 0 Å². The zero-order chi connectivity index (χ0) is 4.12. The summed E-state index contributed by atoms with van der Waals surface area (Å²) in [5.41, 5.74) is 0. The van der Waals surface area contributed by atoms with Crippen LogP contribution in [0.4, 0.5) is 0 Å². The highest BCUT2D eigenvalue weighted by molar-refractivity contribution is 4.33. The molecule has 0 aromatic rings. The van der Waals surface area contributed by atoms with E-state index in [0.717, 1.165) is 0 Å². The number of aliphatic hydroxyl groups is 1. The first kappa shape index (κ1) is 4.92. The molecule has 29 valence electrons. The van der Waals surface area contributed by atoms with Gasteiger partial charge in [0.25, 0.3) is 0 Å². The molecule has 0 aromatic carbocycles. The number of hydrogen-bond acceptors (Lipinski definition) is 2. The van der Waals surface area contributed by atoms with E-state index in [4.69, 9.17) is 12.2 Å². The molecule has 0 atom stereocenters. The molecule has 0 aliphatic heterocycles. The highest BCUT2D eigenvalue weighted by Gasteiger charge is 1.66. The van der Waals surface area contributed by atoms with Gasteiger partial charge in [0.1, 0.15) is 0 Å². The average Bonchev–Trinajstić information content (AvgIpc) is 1.41. The van der Waals surface area contributed by atoms with Gasteiger partial charge in [-0.1, -0.05) is 0 Å². The van der Waals surface area contributed by atoms with Crippen LogP contribution >= 0.6 is 0 Å². The molecule has 0 spiro atoms. The molecule has 0 rings (SSSR count). The molecule has 0 aliphatic carbocycles. The Morgan fingerprint density at radius 3 is 2.40 bits per heavy atom. The summed E-state index contributed by atoms with van der Waals surface area (Å²) in [5.74, 6) is 0. The molecule has 2 heteroatoms. The zero-order valence-electron chi connectivity index (χ0n) is 2.86. The fourth-order valence-corrected chi connectivity index (χ4v) is 0.0559. The first-order chi connectivity index (χ1) is 2.41. The number of rotatable bonds is 2. The van der Waals surface area contributed by atoms with Crippen molar-refractivity contribution in [2.45, 2.75) is 0 Å². The van der Waals surface area contributed by atoms with Crippen molar-refractivity contribution in [3.05, 3.63) is 7.05 Å². The second kappa shape index (κ2) is 3.92. The first-order valence-electron chi connectivity index (χ1n) is 1.42. The molecule has 3 radical (unpaired) electrons. The molecule has 0 aromatic heterocycles. The van der Waals surface area contributed by atoms with Gasteiger partial charge < -0.3 is 10.4 Å². The predicted octanol–water partition coefficient (Wildman–Crippen LogP) is -0.886. The van der Waals surface area contributed by atoms with Gasteiger partial charge in [-0.2, -0.15) is 0 Å². The zero-order valence-corrected chi connectivity index (χ0v) is 2.86. The Kier molecular flexibility index (Phi) is 3.86. The van der Waals surface area contributed by atoms with Crippen LogP contribution in [0.25, 0.3) is 0 Å². The van der Waals surface area contributed by atoms with Crippen LogP contribution in [0.3, 0.4) is 0 Å².